The molecule has 0 spiro atoms. The highest BCUT2D eigenvalue weighted by Gasteiger charge is 2.09. The second-order valence-electron chi connectivity index (χ2n) is 4.62. The van der Waals surface area contributed by atoms with Crippen LogP contribution in [0.4, 0.5) is 4.39 Å². The molecule has 0 saturated heterocycles. The second kappa shape index (κ2) is 9.05. The van der Waals surface area contributed by atoms with Crippen LogP contribution in [0.25, 0.3) is 0 Å². The van der Waals surface area contributed by atoms with Crippen LogP contribution in [-0.2, 0) is 16.4 Å². The third-order valence-corrected chi connectivity index (χ3v) is 4.41. The van der Waals surface area contributed by atoms with Gasteiger partial charge in [0.2, 0.25) is 10.0 Å². The molecular formula is C14H23FN2O2S. The number of benzene rings is 1. The van der Waals surface area contributed by atoms with Crippen LogP contribution < -0.4 is 10.0 Å². The SMILES string of the molecule is CCNCCCCS(=O)(=O)NCCc1ccccc1F. The molecule has 114 valence electrons. The van der Waals surface area contributed by atoms with Crippen molar-refractivity contribution in [2.24, 2.45) is 0 Å². The van der Waals surface area contributed by atoms with Crippen LogP contribution in [0.2, 0.25) is 0 Å². The molecule has 0 atom stereocenters. The third-order valence-electron chi connectivity index (χ3n) is 2.94. The number of hydrogen-bond donors (Lipinski definition) is 2. The molecule has 0 radical (unpaired) electrons. The number of halogens is 1. The summed E-state index contributed by atoms with van der Waals surface area (Å²) in [5, 5.41) is 3.15. The lowest BCUT2D eigenvalue weighted by atomic mass is 10.1. The van der Waals surface area contributed by atoms with E-state index in [1.807, 2.05) is 6.92 Å². The van der Waals surface area contributed by atoms with E-state index in [9.17, 15) is 12.8 Å². The van der Waals surface area contributed by atoms with Crippen LogP contribution in [0, 0.1) is 5.82 Å². The maximum Gasteiger partial charge on any atom is 0.211 e. The van der Waals surface area contributed by atoms with Gasteiger partial charge in [-0.05, 0) is 44.0 Å². The zero-order chi connectivity index (χ0) is 14.8. The first-order valence-corrected chi connectivity index (χ1v) is 8.62. The third kappa shape index (κ3) is 6.98. The molecular weight excluding hydrogens is 279 g/mol. The second-order valence-corrected chi connectivity index (χ2v) is 6.54. The van der Waals surface area contributed by atoms with E-state index in [0.29, 0.717) is 18.4 Å². The zero-order valence-electron chi connectivity index (χ0n) is 11.9. The van der Waals surface area contributed by atoms with Gasteiger partial charge < -0.3 is 5.32 Å². The molecule has 0 aromatic heterocycles. The Morgan fingerprint density at radius 2 is 1.90 bits per heavy atom. The molecule has 0 amide bonds. The van der Waals surface area contributed by atoms with Gasteiger partial charge in [-0.1, -0.05) is 25.1 Å². The van der Waals surface area contributed by atoms with Crippen LogP contribution in [0.5, 0.6) is 0 Å². The predicted octanol–water partition coefficient (Wildman–Crippen LogP) is 1.68. The van der Waals surface area contributed by atoms with E-state index >= 15 is 0 Å². The quantitative estimate of drug-likeness (QED) is 0.647. The summed E-state index contributed by atoms with van der Waals surface area (Å²) in [6, 6.07) is 6.41. The van der Waals surface area contributed by atoms with Crippen molar-refractivity contribution in [1.29, 1.82) is 0 Å². The minimum atomic E-state index is -3.25. The fourth-order valence-electron chi connectivity index (χ4n) is 1.83. The van der Waals surface area contributed by atoms with Crippen LogP contribution in [0.1, 0.15) is 25.3 Å². The summed E-state index contributed by atoms with van der Waals surface area (Å²) >= 11 is 0. The van der Waals surface area contributed by atoms with Crippen molar-refractivity contribution in [2.75, 3.05) is 25.4 Å². The topological polar surface area (TPSA) is 58.2 Å². The van der Waals surface area contributed by atoms with Crippen molar-refractivity contribution in [3.63, 3.8) is 0 Å². The highest BCUT2D eigenvalue weighted by atomic mass is 32.2. The highest BCUT2D eigenvalue weighted by molar-refractivity contribution is 7.89. The monoisotopic (exact) mass is 302 g/mol. The molecule has 0 saturated carbocycles. The van der Waals surface area contributed by atoms with Gasteiger partial charge in [-0.2, -0.15) is 0 Å². The van der Waals surface area contributed by atoms with E-state index in [0.717, 1.165) is 19.5 Å². The minimum Gasteiger partial charge on any atom is -0.317 e. The van der Waals surface area contributed by atoms with Crippen molar-refractivity contribution in [2.45, 2.75) is 26.2 Å². The molecule has 6 heteroatoms. The van der Waals surface area contributed by atoms with Gasteiger partial charge in [-0.25, -0.2) is 17.5 Å². The molecule has 0 fully saturated rings. The molecule has 0 heterocycles. The first kappa shape index (κ1) is 17.1. The zero-order valence-corrected chi connectivity index (χ0v) is 12.7. The molecule has 20 heavy (non-hydrogen) atoms. The summed E-state index contributed by atoms with van der Waals surface area (Å²) in [6.45, 7) is 3.98. The first-order valence-electron chi connectivity index (χ1n) is 6.96. The Bertz CT molecular complexity index is 492. The molecule has 0 aliphatic carbocycles. The minimum absolute atomic E-state index is 0.121. The fourth-order valence-corrected chi connectivity index (χ4v) is 2.97. The van der Waals surface area contributed by atoms with Gasteiger partial charge in [0, 0.05) is 6.54 Å². The summed E-state index contributed by atoms with van der Waals surface area (Å²) in [5.41, 5.74) is 0.530. The smallest absolute Gasteiger partial charge is 0.211 e. The van der Waals surface area contributed by atoms with E-state index in [-0.39, 0.29) is 18.1 Å². The number of nitrogens with one attached hydrogen (secondary N) is 2. The Labute approximate surface area is 120 Å². The van der Waals surface area contributed by atoms with Crippen molar-refractivity contribution >= 4 is 10.0 Å². The molecule has 1 rings (SSSR count). The van der Waals surface area contributed by atoms with Gasteiger partial charge in [0.1, 0.15) is 5.82 Å². The van der Waals surface area contributed by atoms with Crippen LogP contribution in [0.3, 0.4) is 0 Å². The van der Waals surface area contributed by atoms with Gasteiger partial charge in [-0.3, -0.25) is 0 Å². The lowest BCUT2D eigenvalue weighted by Gasteiger charge is -2.07. The maximum atomic E-state index is 13.3. The Morgan fingerprint density at radius 1 is 1.15 bits per heavy atom. The van der Waals surface area contributed by atoms with E-state index in [2.05, 4.69) is 10.0 Å². The van der Waals surface area contributed by atoms with Crippen LogP contribution in [0.15, 0.2) is 24.3 Å². The van der Waals surface area contributed by atoms with E-state index < -0.39 is 10.0 Å². The Hall–Kier alpha value is -0.980. The number of rotatable bonds is 10. The van der Waals surface area contributed by atoms with Gasteiger partial charge in [0.15, 0.2) is 0 Å². The van der Waals surface area contributed by atoms with E-state index in [4.69, 9.17) is 0 Å². The summed E-state index contributed by atoms with van der Waals surface area (Å²) in [6.07, 6.45) is 1.83. The van der Waals surface area contributed by atoms with Crippen molar-refractivity contribution in [1.82, 2.24) is 10.0 Å². The van der Waals surface area contributed by atoms with Gasteiger partial charge in [-0.15, -0.1) is 0 Å². The first-order chi connectivity index (χ1) is 9.55. The predicted molar refractivity (Wildman–Crippen MR) is 79.7 cm³/mol. The molecule has 4 nitrogen and oxygen atoms in total. The largest absolute Gasteiger partial charge is 0.317 e. The van der Waals surface area contributed by atoms with Gasteiger partial charge >= 0.3 is 0 Å². The molecule has 0 aliphatic heterocycles. The Kier molecular flexibility index (Phi) is 7.72. The number of sulfonamides is 1. The average Bonchev–Trinajstić information content (AvgIpc) is 2.40. The summed E-state index contributed by atoms with van der Waals surface area (Å²) < 4.78 is 39.3. The molecule has 1 aromatic rings. The van der Waals surface area contributed by atoms with Crippen molar-refractivity contribution in [3.8, 4) is 0 Å². The van der Waals surface area contributed by atoms with Crippen LogP contribution >= 0.6 is 0 Å². The number of unbranched alkanes of at least 4 members (excludes halogenated alkanes) is 1. The van der Waals surface area contributed by atoms with E-state index in [1.165, 1.54) is 6.07 Å². The van der Waals surface area contributed by atoms with Gasteiger partial charge in [0.05, 0.1) is 5.75 Å². The lowest BCUT2D eigenvalue weighted by molar-refractivity contribution is 0.571. The van der Waals surface area contributed by atoms with Crippen molar-refractivity contribution < 1.29 is 12.8 Å². The maximum absolute atomic E-state index is 13.3. The van der Waals surface area contributed by atoms with Gasteiger partial charge in [0.25, 0.3) is 0 Å². The average molecular weight is 302 g/mol. The molecule has 1 aromatic carbocycles. The molecule has 0 aliphatic rings. The highest BCUT2D eigenvalue weighted by Crippen LogP contribution is 2.06. The summed E-state index contributed by atoms with van der Waals surface area (Å²) in [4.78, 5) is 0. The fraction of sp³-hybridized carbons (Fsp3) is 0.571. The lowest BCUT2D eigenvalue weighted by Crippen LogP contribution is -2.29. The Morgan fingerprint density at radius 3 is 2.60 bits per heavy atom. The molecule has 0 unspecified atom stereocenters. The normalized spacial score (nSPS) is 11.7. The summed E-state index contributed by atoms with van der Waals surface area (Å²) in [7, 11) is -3.25. The molecule has 2 N–H and O–H groups in total. The standard InChI is InChI=1S/C14H23FN2O2S/c1-2-16-10-5-6-12-20(18,19)17-11-9-13-7-3-4-8-14(13)15/h3-4,7-8,16-17H,2,5-6,9-12H2,1H3. The van der Waals surface area contributed by atoms with Crippen LogP contribution in [-0.4, -0.2) is 33.8 Å². The Balaban J connectivity index is 2.24. The molecule has 0 bridgehead atoms. The number of hydrogen-bond acceptors (Lipinski definition) is 3. The van der Waals surface area contributed by atoms with Crippen molar-refractivity contribution in [3.05, 3.63) is 35.6 Å². The summed E-state index contributed by atoms with van der Waals surface area (Å²) in [5.74, 6) is -0.173. The van der Waals surface area contributed by atoms with E-state index in [1.54, 1.807) is 18.2 Å².